The van der Waals surface area contributed by atoms with Gasteiger partial charge in [-0.2, -0.15) is 0 Å². The molecule has 0 saturated carbocycles. The number of para-hydroxylation sites is 2. The Morgan fingerprint density at radius 1 is 1.07 bits per heavy atom. The first-order valence-corrected chi connectivity index (χ1v) is 11.3. The molecule has 0 bridgehead atoms. The first kappa shape index (κ1) is 18.5. The number of fused-ring (bicyclic) bond motifs is 4. The largest absolute Gasteiger partial charge is 0.362 e. The summed E-state index contributed by atoms with van der Waals surface area (Å²) in [5, 5.41) is 8.43. The highest BCUT2D eigenvalue weighted by molar-refractivity contribution is 7.80. The topological polar surface area (TPSA) is 49.8 Å². The van der Waals surface area contributed by atoms with Crippen LogP contribution in [0.2, 0.25) is 0 Å². The zero-order valence-corrected chi connectivity index (χ0v) is 17.7. The monoisotopic (exact) mass is 418 g/mol. The van der Waals surface area contributed by atoms with E-state index in [-0.39, 0.29) is 0 Å². The maximum atomic E-state index is 5.50. The van der Waals surface area contributed by atoms with Crippen molar-refractivity contribution in [3.05, 3.63) is 54.1 Å². The molecule has 1 aliphatic carbocycles. The van der Waals surface area contributed by atoms with Crippen LogP contribution in [0.5, 0.6) is 0 Å². The van der Waals surface area contributed by atoms with Gasteiger partial charge in [-0.3, -0.25) is 0 Å². The minimum Gasteiger partial charge on any atom is -0.362 e. The van der Waals surface area contributed by atoms with E-state index in [4.69, 9.17) is 22.2 Å². The Bertz CT molecular complexity index is 1240. The number of allylic oxidation sites excluding steroid dienone is 1. The first-order valence-electron chi connectivity index (χ1n) is 10.1. The summed E-state index contributed by atoms with van der Waals surface area (Å²) < 4.78 is 1.18. The van der Waals surface area contributed by atoms with Crippen molar-refractivity contribution in [3.63, 3.8) is 0 Å². The maximum Gasteiger partial charge on any atom is 0.170 e. The zero-order valence-electron chi connectivity index (χ0n) is 16.1. The van der Waals surface area contributed by atoms with Gasteiger partial charge in [0.25, 0.3) is 0 Å². The van der Waals surface area contributed by atoms with E-state index < -0.39 is 0 Å². The summed E-state index contributed by atoms with van der Waals surface area (Å²) in [6, 6.07) is 14.3. The molecule has 2 aromatic carbocycles. The molecule has 0 saturated heterocycles. The fourth-order valence-electron chi connectivity index (χ4n) is 3.86. The van der Waals surface area contributed by atoms with Crippen molar-refractivity contribution in [1.82, 2.24) is 15.3 Å². The molecule has 0 radical (unpaired) electrons. The van der Waals surface area contributed by atoms with Gasteiger partial charge in [0.1, 0.15) is 10.3 Å². The quantitative estimate of drug-likeness (QED) is 0.306. The molecule has 0 atom stereocenters. The van der Waals surface area contributed by atoms with Gasteiger partial charge < -0.3 is 10.6 Å². The molecule has 146 valence electrons. The van der Waals surface area contributed by atoms with Crippen LogP contribution >= 0.6 is 23.6 Å². The smallest absolute Gasteiger partial charge is 0.170 e. The lowest BCUT2D eigenvalue weighted by molar-refractivity contribution is 0.669. The van der Waals surface area contributed by atoms with E-state index >= 15 is 0 Å². The lowest BCUT2D eigenvalue weighted by atomic mass is 9.97. The number of hydrogen-bond acceptors (Lipinski definition) is 4. The van der Waals surface area contributed by atoms with Gasteiger partial charge in [-0.15, -0.1) is 11.3 Å². The number of thiophene rings is 1. The highest BCUT2D eigenvalue weighted by Crippen LogP contribution is 2.34. The molecule has 2 N–H and O–H groups in total. The average molecular weight is 419 g/mol. The minimum atomic E-state index is 0.664. The lowest BCUT2D eigenvalue weighted by Gasteiger charge is -2.14. The molecular formula is C23H22N4S2. The van der Waals surface area contributed by atoms with Gasteiger partial charge in [0.2, 0.25) is 0 Å². The molecule has 4 aromatic rings. The Morgan fingerprint density at radius 3 is 2.76 bits per heavy atom. The minimum absolute atomic E-state index is 0.664. The van der Waals surface area contributed by atoms with E-state index in [0.717, 1.165) is 45.4 Å². The molecule has 2 heterocycles. The second-order valence-corrected chi connectivity index (χ2v) is 8.86. The van der Waals surface area contributed by atoms with E-state index in [1.807, 2.05) is 24.3 Å². The average Bonchev–Trinajstić information content (AvgIpc) is 3.09. The molecule has 2 aromatic heterocycles. The fraction of sp³-hybridized carbons (Fsp3) is 0.261. The number of hydrogen-bond donors (Lipinski definition) is 2. The fourth-order valence-corrected chi connectivity index (χ4v) is 5.09. The standard InChI is InChI=1S/C23H22N4S2/c28-23(24-13-12-15-6-2-1-3-7-15)25-16-10-11-20-17(14-16)21-22(29-20)27-19-9-5-4-8-18(19)26-21/h4-6,8-11,14H,1-3,7,12-13H2,(H2,24,25,28). The first-order chi connectivity index (χ1) is 14.3. The van der Waals surface area contributed by atoms with Crippen LogP contribution in [-0.2, 0) is 0 Å². The third kappa shape index (κ3) is 3.95. The highest BCUT2D eigenvalue weighted by Gasteiger charge is 2.11. The number of nitrogens with zero attached hydrogens (tertiary/aromatic N) is 2. The lowest BCUT2D eigenvalue weighted by Crippen LogP contribution is -2.29. The van der Waals surface area contributed by atoms with Crippen molar-refractivity contribution >= 4 is 65.8 Å². The molecule has 1 aliphatic rings. The molecule has 0 spiro atoms. The summed E-state index contributed by atoms with van der Waals surface area (Å²) in [7, 11) is 0. The molecule has 0 fully saturated rings. The molecule has 6 heteroatoms. The van der Waals surface area contributed by atoms with Gasteiger partial charge in [-0.05, 0) is 74.7 Å². The van der Waals surface area contributed by atoms with E-state index in [1.54, 1.807) is 16.9 Å². The number of nitrogens with one attached hydrogen (secondary N) is 2. The van der Waals surface area contributed by atoms with Gasteiger partial charge in [0.15, 0.2) is 5.11 Å². The van der Waals surface area contributed by atoms with Crippen LogP contribution in [0.3, 0.4) is 0 Å². The van der Waals surface area contributed by atoms with Gasteiger partial charge >= 0.3 is 0 Å². The summed E-state index contributed by atoms with van der Waals surface area (Å²) in [6.07, 6.45) is 8.57. The second-order valence-electron chi connectivity index (χ2n) is 7.42. The van der Waals surface area contributed by atoms with Crippen LogP contribution in [0.1, 0.15) is 32.1 Å². The molecule has 4 nitrogen and oxygen atoms in total. The summed E-state index contributed by atoms with van der Waals surface area (Å²) in [5.41, 5.74) is 5.34. The Hall–Kier alpha value is -2.57. The van der Waals surface area contributed by atoms with Crippen LogP contribution < -0.4 is 10.6 Å². The predicted octanol–water partition coefficient (Wildman–Crippen LogP) is 6.17. The van der Waals surface area contributed by atoms with E-state index in [2.05, 4.69) is 34.9 Å². The summed E-state index contributed by atoms with van der Waals surface area (Å²) in [5.74, 6) is 0. The number of rotatable bonds is 4. The van der Waals surface area contributed by atoms with Gasteiger partial charge in [0.05, 0.1) is 11.0 Å². The molecule has 29 heavy (non-hydrogen) atoms. The normalized spacial score (nSPS) is 14.3. The third-order valence-electron chi connectivity index (χ3n) is 5.35. The van der Waals surface area contributed by atoms with Crippen molar-refractivity contribution in [2.75, 3.05) is 11.9 Å². The van der Waals surface area contributed by atoms with Crippen molar-refractivity contribution < 1.29 is 0 Å². The second kappa shape index (κ2) is 8.05. The summed E-state index contributed by atoms with van der Waals surface area (Å²) in [4.78, 5) is 10.6. The summed E-state index contributed by atoms with van der Waals surface area (Å²) in [6.45, 7) is 0.874. The Balaban J connectivity index is 1.33. The molecule has 0 aliphatic heterocycles. The van der Waals surface area contributed by atoms with Crippen LogP contribution in [0.15, 0.2) is 54.1 Å². The number of anilines is 1. The van der Waals surface area contributed by atoms with E-state index in [0.29, 0.717) is 5.11 Å². The maximum absolute atomic E-state index is 5.50. The number of thiocarbonyl (C=S) groups is 1. The van der Waals surface area contributed by atoms with Crippen LogP contribution in [0.4, 0.5) is 5.69 Å². The van der Waals surface area contributed by atoms with Crippen LogP contribution in [0.25, 0.3) is 31.5 Å². The molecule has 0 amide bonds. The Morgan fingerprint density at radius 2 is 1.93 bits per heavy atom. The Kier molecular flexibility index (Phi) is 5.12. The highest BCUT2D eigenvalue weighted by atomic mass is 32.1. The van der Waals surface area contributed by atoms with Gasteiger partial charge in [-0.25, -0.2) is 9.97 Å². The van der Waals surface area contributed by atoms with Crippen LogP contribution in [-0.4, -0.2) is 21.6 Å². The van der Waals surface area contributed by atoms with Crippen molar-refractivity contribution in [1.29, 1.82) is 0 Å². The molecular weight excluding hydrogens is 396 g/mol. The zero-order chi connectivity index (χ0) is 19.6. The van der Waals surface area contributed by atoms with Crippen molar-refractivity contribution in [3.8, 4) is 0 Å². The Labute approximate surface area is 179 Å². The summed E-state index contributed by atoms with van der Waals surface area (Å²) >= 11 is 7.17. The van der Waals surface area contributed by atoms with Crippen LogP contribution in [0, 0.1) is 0 Å². The number of aromatic nitrogens is 2. The van der Waals surface area contributed by atoms with Gasteiger partial charge in [0, 0.05) is 22.3 Å². The van der Waals surface area contributed by atoms with E-state index in [9.17, 15) is 0 Å². The third-order valence-corrected chi connectivity index (χ3v) is 6.65. The van der Waals surface area contributed by atoms with Crippen molar-refractivity contribution in [2.24, 2.45) is 0 Å². The van der Waals surface area contributed by atoms with Crippen molar-refractivity contribution in [2.45, 2.75) is 32.1 Å². The van der Waals surface area contributed by atoms with Gasteiger partial charge in [-0.1, -0.05) is 23.8 Å². The molecule has 0 unspecified atom stereocenters. The molecule has 5 rings (SSSR count). The SMILES string of the molecule is S=C(NCCC1=CCCCC1)Nc1ccc2sc3nc4ccccc4nc3c2c1. The predicted molar refractivity (Wildman–Crippen MR) is 128 cm³/mol. The number of benzene rings is 2. The van der Waals surface area contributed by atoms with E-state index in [1.165, 1.54) is 30.4 Å².